The second-order valence-corrected chi connectivity index (χ2v) is 11.2. The number of aromatic nitrogens is 4. The van der Waals surface area contributed by atoms with Crippen LogP contribution in [-0.2, 0) is 4.79 Å². The van der Waals surface area contributed by atoms with Crippen LogP contribution in [0.5, 0.6) is 5.75 Å². The largest absolute Gasteiger partial charge is 0.507 e. The van der Waals surface area contributed by atoms with Crippen LogP contribution in [0.15, 0.2) is 63.2 Å². The van der Waals surface area contributed by atoms with E-state index in [4.69, 9.17) is 4.52 Å². The van der Waals surface area contributed by atoms with Crippen molar-refractivity contribution < 1.29 is 19.5 Å². The van der Waals surface area contributed by atoms with Crippen LogP contribution in [0.3, 0.4) is 0 Å². The van der Waals surface area contributed by atoms with Gasteiger partial charge >= 0.3 is 5.97 Å². The number of aromatic hydroxyl groups is 1. The van der Waals surface area contributed by atoms with Crippen molar-refractivity contribution in [2.45, 2.75) is 51.0 Å². The first-order chi connectivity index (χ1) is 20.8. The average Bonchev–Trinajstić information content (AvgIpc) is 3.58. The van der Waals surface area contributed by atoms with E-state index in [1.54, 1.807) is 24.4 Å². The number of nitrogens with zero attached hydrogens (tertiary/aromatic N) is 6. The molecule has 11 heteroatoms. The number of phenols is 1. The molecule has 1 aliphatic carbocycles. The third-order valence-corrected chi connectivity index (χ3v) is 7.72. The number of fused-ring (bicyclic) bond motifs is 1. The number of nitrogens with one attached hydrogen (secondary N) is 1. The Morgan fingerprint density at radius 3 is 2.70 bits per heavy atom. The SMILES string of the molecule is C=N/C=C(\C=NCCC(CNC)c1cc2nnc(-c3ccccc3O)cc2n1C1CC1)c1cc(C(C(=O)O)C(C)C)on1. The standard InChI is InChI=1S/C32H37N7O4/c1-19(2)31(32(41)42)30-15-24(38-43-30)21(17-34-4)18-35-12-11-20(16-33-3)27-14-26-28(39(27)22-9-10-22)13-25(36-37-26)23-7-5-6-8-29(23)40/h5-8,13-15,17-20,22,31,33,40H,4,9-12,16H2,1-3H3,(H,41,42)/b21-17+,35-18?. The zero-order valence-corrected chi connectivity index (χ0v) is 24.6. The van der Waals surface area contributed by atoms with Crippen LogP contribution in [0.1, 0.15) is 68.1 Å². The van der Waals surface area contributed by atoms with Gasteiger partial charge in [-0.1, -0.05) is 31.1 Å². The predicted molar refractivity (Wildman–Crippen MR) is 167 cm³/mol. The molecule has 0 radical (unpaired) electrons. The summed E-state index contributed by atoms with van der Waals surface area (Å²) < 4.78 is 7.78. The minimum Gasteiger partial charge on any atom is -0.507 e. The molecule has 1 fully saturated rings. The summed E-state index contributed by atoms with van der Waals surface area (Å²) in [5.74, 6) is -1.28. The zero-order valence-electron chi connectivity index (χ0n) is 24.6. The summed E-state index contributed by atoms with van der Waals surface area (Å²) in [5.41, 5.74) is 5.36. The molecule has 3 heterocycles. The van der Waals surface area contributed by atoms with Crippen molar-refractivity contribution in [3.05, 3.63) is 65.8 Å². The van der Waals surface area contributed by atoms with Gasteiger partial charge in [0.05, 0.1) is 11.2 Å². The lowest BCUT2D eigenvalue weighted by atomic mass is 9.93. The van der Waals surface area contributed by atoms with Gasteiger partial charge in [0, 0.05) is 60.4 Å². The second kappa shape index (κ2) is 13.1. The first kappa shape index (κ1) is 29.8. The Labute approximate surface area is 250 Å². The molecule has 11 nitrogen and oxygen atoms in total. The highest BCUT2D eigenvalue weighted by Gasteiger charge is 2.31. The minimum absolute atomic E-state index is 0.157. The quantitative estimate of drug-likeness (QED) is 0.166. The van der Waals surface area contributed by atoms with Crippen molar-refractivity contribution >= 4 is 35.5 Å². The molecule has 2 atom stereocenters. The number of carboxylic acids is 1. The smallest absolute Gasteiger partial charge is 0.314 e. The Kier molecular flexibility index (Phi) is 9.10. The first-order valence-corrected chi connectivity index (χ1v) is 14.5. The number of aliphatic imine (C=N–C) groups is 2. The number of para-hydroxylation sites is 1. The fourth-order valence-corrected chi connectivity index (χ4v) is 5.48. The molecule has 0 bridgehead atoms. The summed E-state index contributed by atoms with van der Waals surface area (Å²) in [4.78, 5) is 20.3. The van der Waals surface area contributed by atoms with Gasteiger partial charge in [-0.15, -0.1) is 10.2 Å². The third kappa shape index (κ3) is 6.56. The maximum atomic E-state index is 11.7. The molecule has 1 saturated carbocycles. The van der Waals surface area contributed by atoms with E-state index in [-0.39, 0.29) is 23.3 Å². The molecule has 5 rings (SSSR count). The summed E-state index contributed by atoms with van der Waals surface area (Å²) >= 11 is 0. The topological polar surface area (TPSA) is 151 Å². The molecule has 4 aromatic rings. The highest BCUT2D eigenvalue weighted by atomic mass is 16.5. The number of allylic oxidation sites excluding steroid dienone is 1. The number of phenolic OH excluding ortho intramolecular Hbond substituents is 1. The second-order valence-electron chi connectivity index (χ2n) is 11.2. The van der Waals surface area contributed by atoms with Gasteiger partial charge in [0.15, 0.2) is 5.76 Å². The molecule has 0 spiro atoms. The Morgan fingerprint density at radius 1 is 1.23 bits per heavy atom. The molecule has 1 aliphatic rings. The number of hydrogen-bond donors (Lipinski definition) is 3. The van der Waals surface area contributed by atoms with Crippen molar-refractivity contribution in [2.24, 2.45) is 15.9 Å². The van der Waals surface area contributed by atoms with Crippen LogP contribution in [0, 0.1) is 5.92 Å². The van der Waals surface area contributed by atoms with Gasteiger partial charge in [0.25, 0.3) is 0 Å². The van der Waals surface area contributed by atoms with Crippen molar-refractivity contribution in [3.8, 4) is 17.0 Å². The summed E-state index contributed by atoms with van der Waals surface area (Å²) in [7, 11) is 1.94. The molecule has 1 aromatic carbocycles. The number of rotatable bonds is 14. The Morgan fingerprint density at radius 2 is 2.02 bits per heavy atom. The number of benzene rings is 1. The van der Waals surface area contributed by atoms with E-state index >= 15 is 0 Å². The van der Waals surface area contributed by atoms with Crippen molar-refractivity contribution in [2.75, 3.05) is 20.1 Å². The van der Waals surface area contributed by atoms with Crippen LogP contribution in [0.25, 0.3) is 27.9 Å². The van der Waals surface area contributed by atoms with Crippen LogP contribution in [0.2, 0.25) is 0 Å². The van der Waals surface area contributed by atoms with Crippen LogP contribution >= 0.6 is 0 Å². The zero-order chi connectivity index (χ0) is 30.5. The fourth-order valence-electron chi connectivity index (χ4n) is 5.48. The summed E-state index contributed by atoms with van der Waals surface area (Å²) in [6.45, 7) is 8.50. The molecule has 0 amide bonds. The normalized spacial score (nSPS) is 15.4. The van der Waals surface area contributed by atoms with Gasteiger partial charge < -0.3 is 24.6 Å². The van der Waals surface area contributed by atoms with E-state index < -0.39 is 11.9 Å². The van der Waals surface area contributed by atoms with Gasteiger partial charge in [-0.05, 0) is 63.2 Å². The monoisotopic (exact) mass is 583 g/mol. The predicted octanol–water partition coefficient (Wildman–Crippen LogP) is 5.46. The highest BCUT2D eigenvalue weighted by Crippen LogP contribution is 2.42. The molecule has 3 N–H and O–H groups in total. The molecule has 0 saturated heterocycles. The van der Waals surface area contributed by atoms with Gasteiger partial charge in [0.2, 0.25) is 0 Å². The van der Waals surface area contributed by atoms with Crippen molar-refractivity contribution in [1.29, 1.82) is 0 Å². The molecule has 224 valence electrons. The maximum Gasteiger partial charge on any atom is 0.314 e. The minimum atomic E-state index is -0.960. The van der Waals surface area contributed by atoms with E-state index in [0.29, 0.717) is 35.1 Å². The van der Waals surface area contributed by atoms with Gasteiger partial charge in [-0.3, -0.25) is 14.8 Å². The number of aliphatic carboxylic acids is 1. The lowest BCUT2D eigenvalue weighted by molar-refractivity contribution is -0.140. The molecular formula is C32H37N7O4. The van der Waals surface area contributed by atoms with E-state index in [9.17, 15) is 15.0 Å². The summed E-state index contributed by atoms with van der Waals surface area (Å²) in [6, 6.07) is 13.3. The number of likely N-dealkylation sites (N-methyl/N-ethyl adjacent to an activating group) is 1. The van der Waals surface area contributed by atoms with Crippen LogP contribution in [-0.4, -0.2) is 69.2 Å². The van der Waals surface area contributed by atoms with Crippen LogP contribution in [0.4, 0.5) is 0 Å². The third-order valence-electron chi connectivity index (χ3n) is 7.72. The average molecular weight is 584 g/mol. The van der Waals surface area contributed by atoms with E-state index in [0.717, 1.165) is 36.8 Å². The van der Waals surface area contributed by atoms with E-state index in [1.807, 2.05) is 39.1 Å². The maximum absolute atomic E-state index is 11.7. The summed E-state index contributed by atoms with van der Waals surface area (Å²) in [6.07, 6.45) is 6.20. The van der Waals surface area contributed by atoms with E-state index in [2.05, 4.69) is 48.0 Å². The van der Waals surface area contributed by atoms with Crippen molar-refractivity contribution in [3.63, 3.8) is 0 Å². The molecule has 0 aliphatic heterocycles. The van der Waals surface area contributed by atoms with Gasteiger partial charge in [-0.2, -0.15) is 0 Å². The fraction of sp³-hybridized carbons (Fsp3) is 0.375. The molecule has 3 aromatic heterocycles. The molecule has 2 unspecified atom stereocenters. The Hall–Kier alpha value is -4.64. The van der Waals surface area contributed by atoms with Gasteiger partial charge in [0.1, 0.15) is 22.9 Å². The highest BCUT2D eigenvalue weighted by molar-refractivity contribution is 6.09. The molecule has 43 heavy (non-hydrogen) atoms. The van der Waals surface area contributed by atoms with Gasteiger partial charge in [-0.25, -0.2) is 0 Å². The van der Waals surface area contributed by atoms with E-state index in [1.165, 1.54) is 11.9 Å². The lowest BCUT2D eigenvalue weighted by Crippen LogP contribution is -2.20. The number of carbonyl (C=O) groups is 1. The summed E-state index contributed by atoms with van der Waals surface area (Å²) in [5, 5.41) is 36.4. The van der Waals surface area contributed by atoms with Crippen molar-refractivity contribution in [1.82, 2.24) is 25.2 Å². The number of carboxylic acid groups (broad SMARTS) is 1. The Bertz CT molecular complexity index is 1670. The molecular weight excluding hydrogens is 546 g/mol. The van der Waals surface area contributed by atoms with Crippen LogP contribution < -0.4 is 5.32 Å². The Balaban J connectivity index is 1.37. The first-order valence-electron chi connectivity index (χ1n) is 14.5. The lowest BCUT2D eigenvalue weighted by Gasteiger charge is -2.19. The number of hydrogen-bond acceptors (Lipinski definition) is 9.